The van der Waals surface area contributed by atoms with Gasteiger partial charge in [0.1, 0.15) is 0 Å². The minimum absolute atomic E-state index is 0.266. The number of ether oxygens (including phenoxy) is 1. The molecule has 6 heteroatoms. The third-order valence-electron chi connectivity index (χ3n) is 3.84. The second kappa shape index (κ2) is 8.18. The molecule has 0 bridgehead atoms. The average Bonchev–Trinajstić information content (AvgIpc) is 2.61. The molecule has 1 aromatic carbocycles. The predicted octanol–water partition coefficient (Wildman–Crippen LogP) is 1.15. The van der Waals surface area contributed by atoms with Gasteiger partial charge in [0.05, 0.1) is 0 Å². The van der Waals surface area contributed by atoms with Crippen LogP contribution < -0.4 is 18.9 Å². The van der Waals surface area contributed by atoms with Crippen LogP contribution in [0.15, 0.2) is 36.5 Å². The number of carbonyl (C=O) groups excluding carboxylic acids is 1. The molecule has 2 atom stereocenters. The minimum atomic E-state index is -1.02. The number of aromatic nitrogens is 1. The fraction of sp³-hybridized carbons (Fsp3) is 0.263. The zero-order valence-corrected chi connectivity index (χ0v) is 16.5. The van der Waals surface area contributed by atoms with Crippen LogP contribution >= 0.6 is 0 Å². The van der Waals surface area contributed by atoms with Crippen LogP contribution in [0, 0.1) is 18.2 Å². The maximum absolute atomic E-state index is 13.7. The second-order valence-corrected chi connectivity index (χ2v) is 8.42. The molecule has 0 spiro atoms. The number of hydrogen-bond donors (Lipinski definition) is 1. The Morgan fingerprint density at radius 2 is 2.24 bits per heavy atom. The molecule has 0 aliphatic carbocycles. The van der Waals surface area contributed by atoms with E-state index in [1.165, 1.54) is 19.2 Å². The van der Waals surface area contributed by atoms with Gasteiger partial charge in [-0.15, -0.1) is 0 Å². The van der Waals surface area contributed by atoms with E-state index in [9.17, 15) is 9.18 Å². The topological polar surface area (TPSA) is 51.2 Å². The summed E-state index contributed by atoms with van der Waals surface area (Å²) in [4.78, 5) is 17.0. The number of methoxy groups -OCH3 is 1. The normalized spacial score (nSPS) is 13.2. The summed E-state index contributed by atoms with van der Waals surface area (Å²) in [5.74, 6) is 2.43. The third-order valence-corrected chi connectivity index (χ3v) is 6.38. The summed E-state index contributed by atoms with van der Waals surface area (Å²) in [5.41, 5.74) is -0.243. The molecule has 25 heavy (non-hydrogen) atoms. The number of benzene rings is 1. The van der Waals surface area contributed by atoms with Gasteiger partial charge in [0, 0.05) is 0 Å². The standard InChI is InChI=1S/C19H20AsFN2O2/c1-5-19(3,6-2)23-18(24)16-8-7-9-22-17(16)20-13-10-14(21)12-15(11-13)25-4/h1,7-12,20H,6H2,2-4H3,(H,23,24). The van der Waals surface area contributed by atoms with Crippen LogP contribution in [-0.4, -0.2) is 39.3 Å². The summed E-state index contributed by atoms with van der Waals surface area (Å²) >= 11 is -1.02. The Morgan fingerprint density at radius 1 is 1.48 bits per heavy atom. The van der Waals surface area contributed by atoms with Gasteiger partial charge in [-0.2, -0.15) is 0 Å². The molecule has 0 saturated heterocycles. The number of nitrogens with zero attached hydrogens (tertiary/aromatic N) is 1. The molecule has 0 radical (unpaired) electrons. The first-order chi connectivity index (χ1) is 11.9. The Morgan fingerprint density at radius 3 is 2.88 bits per heavy atom. The number of terminal acetylenes is 1. The van der Waals surface area contributed by atoms with Crippen molar-refractivity contribution in [2.24, 2.45) is 0 Å². The van der Waals surface area contributed by atoms with Crippen molar-refractivity contribution in [2.75, 3.05) is 7.11 Å². The molecular formula is C19H20AsFN2O2. The number of amides is 1. The van der Waals surface area contributed by atoms with E-state index in [-0.39, 0.29) is 11.7 Å². The third kappa shape index (κ3) is 4.84. The van der Waals surface area contributed by atoms with E-state index >= 15 is 0 Å². The second-order valence-electron chi connectivity index (χ2n) is 5.69. The van der Waals surface area contributed by atoms with Gasteiger partial charge >= 0.3 is 154 Å². The summed E-state index contributed by atoms with van der Waals surface area (Å²) < 4.78 is 20.3. The molecule has 0 fully saturated rings. The molecule has 2 rings (SSSR count). The van der Waals surface area contributed by atoms with Crippen LogP contribution in [0.2, 0.25) is 0 Å². The fourth-order valence-corrected chi connectivity index (χ4v) is 4.57. The zero-order valence-electron chi connectivity index (χ0n) is 14.4. The monoisotopic (exact) mass is 402 g/mol. The van der Waals surface area contributed by atoms with E-state index in [2.05, 4.69) is 16.2 Å². The number of carbonyl (C=O) groups is 1. The Balaban J connectivity index is 2.31. The maximum atomic E-state index is 13.7. The number of nitrogens with one attached hydrogen (secondary N) is 1. The van der Waals surface area contributed by atoms with Crippen LogP contribution in [-0.2, 0) is 0 Å². The van der Waals surface area contributed by atoms with Crippen molar-refractivity contribution in [1.29, 1.82) is 0 Å². The zero-order chi connectivity index (χ0) is 18.4. The molecule has 130 valence electrons. The van der Waals surface area contributed by atoms with Gasteiger partial charge in [0.2, 0.25) is 0 Å². The summed E-state index contributed by atoms with van der Waals surface area (Å²) in [6, 6.07) is 7.97. The van der Waals surface area contributed by atoms with Gasteiger partial charge in [-0.25, -0.2) is 0 Å². The SMILES string of the molecule is C#CC(C)(CC)NC(=O)c1cccnc1[AsH]c1cc(F)cc(OC)c1. The van der Waals surface area contributed by atoms with Crippen molar-refractivity contribution in [3.8, 4) is 18.1 Å². The van der Waals surface area contributed by atoms with Crippen LogP contribution in [0.4, 0.5) is 4.39 Å². The van der Waals surface area contributed by atoms with Gasteiger partial charge < -0.3 is 0 Å². The van der Waals surface area contributed by atoms with Crippen molar-refractivity contribution < 1.29 is 13.9 Å². The number of rotatable bonds is 6. The van der Waals surface area contributed by atoms with Crippen molar-refractivity contribution in [2.45, 2.75) is 25.8 Å². The molecule has 1 aromatic heterocycles. The fourth-order valence-electron chi connectivity index (χ4n) is 2.12. The summed E-state index contributed by atoms with van der Waals surface area (Å²) in [6.45, 7) is 3.71. The van der Waals surface area contributed by atoms with Crippen LogP contribution in [0.1, 0.15) is 30.6 Å². The average molecular weight is 402 g/mol. The molecule has 0 saturated carbocycles. The first-order valence-corrected chi connectivity index (χ1v) is 9.87. The molecule has 4 nitrogen and oxygen atoms in total. The molecular weight excluding hydrogens is 382 g/mol. The summed E-state index contributed by atoms with van der Waals surface area (Å²) in [7, 11) is 1.49. The molecule has 1 amide bonds. The quantitative estimate of drug-likeness (QED) is 0.583. The Hall–Kier alpha value is -2.31. The van der Waals surface area contributed by atoms with Gasteiger partial charge in [-0.3, -0.25) is 0 Å². The Bertz CT molecular complexity index is 819. The van der Waals surface area contributed by atoms with E-state index < -0.39 is 21.3 Å². The van der Waals surface area contributed by atoms with Crippen LogP contribution in [0.5, 0.6) is 5.75 Å². The van der Waals surface area contributed by atoms with Crippen molar-refractivity contribution >= 4 is 30.5 Å². The number of halogens is 1. The van der Waals surface area contributed by atoms with Crippen LogP contribution in [0.3, 0.4) is 0 Å². The van der Waals surface area contributed by atoms with Crippen molar-refractivity contribution in [3.63, 3.8) is 0 Å². The van der Waals surface area contributed by atoms with Gasteiger partial charge in [0.15, 0.2) is 0 Å². The first-order valence-electron chi connectivity index (χ1n) is 7.77. The van der Waals surface area contributed by atoms with E-state index in [1.54, 1.807) is 31.3 Å². The van der Waals surface area contributed by atoms with Gasteiger partial charge in [0.25, 0.3) is 0 Å². The van der Waals surface area contributed by atoms with Crippen molar-refractivity contribution in [3.05, 3.63) is 47.9 Å². The van der Waals surface area contributed by atoms with Gasteiger partial charge in [-0.1, -0.05) is 0 Å². The van der Waals surface area contributed by atoms with Crippen LogP contribution in [0.25, 0.3) is 0 Å². The molecule has 2 aromatic rings. The molecule has 0 aliphatic heterocycles. The molecule has 1 N–H and O–H groups in total. The molecule has 2 unspecified atom stereocenters. The van der Waals surface area contributed by atoms with Crippen molar-refractivity contribution in [1.82, 2.24) is 10.3 Å². The van der Waals surface area contributed by atoms with E-state index in [1.807, 2.05) is 6.92 Å². The van der Waals surface area contributed by atoms with E-state index in [0.29, 0.717) is 22.2 Å². The van der Waals surface area contributed by atoms with E-state index in [0.717, 1.165) is 4.35 Å². The Labute approximate surface area is 153 Å². The van der Waals surface area contributed by atoms with E-state index in [4.69, 9.17) is 11.2 Å². The number of hydrogen-bond acceptors (Lipinski definition) is 3. The molecule has 0 aliphatic rings. The number of pyridine rings is 1. The summed E-state index contributed by atoms with van der Waals surface area (Å²) in [6.07, 6.45) is 7.77. The van der Waals surface area contributed by atoms with Gasteiger partial charge in [-0.05, 0) is 0 Å². The summed E-state index contributed by atoms with van der Waals surface area (Å²) in [5, 5.41) is 2.88. The first kappa shape index (κ1) is 19.0. The Kier molecular flexibility index (Phi) is 6.22. The predicted molar refractivity (Wildman–Crippen MR) is 98.6 cm³/mol. The molecule has 1 heterocycles.